The van der Waals surface area contributed by atoms with Gasteiger partial charge in [-0.3, -0.25) is 0 Å². The van der Waals surface area contributed by atoms with Crippen molar-refractivity contribution in [2.75, 3.05) is 0 Å². The molecule has 2 saturated carbocycles. The maximum atomic E-state index is 13.4. The van der Waals surface area contributed by atoms with Crippen LogP contribution in [0.4, 0.5) is 8.78 Å². The second-order valence-electron chi connectivity index (χ2n) is 7.59. The van der Waals surface area contributed by atoms with E-state index >= 15 is 0 Å². The topological polar surface area (TPSA) is 20.2 Å². The minimum atomic E-state index is -1.45. The van der Waals surface area contributed by atoms with Crippen molar-refractivity contribution >= 4 is 0 Å². The van der Waals surface area contributed by atoms with Gasteiger partial charge in [-0.1, -0.05) is 31.2 Å². The summed E-state index contributed by atoms with van der Waals surface area (Å²) in [5, 5.41) is 9.82. The number of fused-ring (bicyclic) bond motifs is 5. The van der Waals surface area contributed by atoms with Gasteiger partial charge >= 0.3 is 0 Å². The highest BCUT2D eigenvalue weighted by Gasteiger charge is 2.54. The van der Waals surface area contributed by atoms with Crippen LogP contribution in [-0.2, 0) is 0 Å². The molecule has 0 aromatic rings. The molecule has 0 aliphatic heterocycles. The van der Waals surface area contributed by atoms with Crippen LogP contribution in [0.1, 0.15) is 32.6 Å². The van der Waals surface area contributed by atoms with Gasteiger partial charge in [0, 0.05) is 11.5 Å². The number of halogens is 2. The van der Waals surface area contributed by atoms with Crippen molar-refractivity contribution in [2.45, 2.75) is 32.6 Å². The van der Waals surface area contributed by atoms with Gasteiger partial charge in [-0.25, -0.2) is 0 Å². The molecular weight excluding hydrogens is 294 g/mol. The van der Waals surface area contributed by atoms with Crippen LogP contribution in [0.25, 0.3) is 0 Å². The number of aliphatic hydroxyl groups is 1. The number of hydrogen-bond donors (Lipinski definition) is 1. The Balaban J connectivity index is 1.72. The van der Waals surface area contributed by atoms with Crippen LogP contribution >= 0.6 is 0 Å². The Labute approximate surface area is 135 Å². The van der Waals surface area contributed by atoms with Gasteiger partial charge in [-0.05, 0) is 66.6 Å². The summed E-state index contributed by atoms with van der Waals surface area (Å²) in [6.07, 6.45) is 13.8. The highest BCUT2D eigenvalue weighted by molar-refractivity contribution is 5.40. The molecule has 5 atom stereocenters. The second-order valence-corrected chi connectivity index (χ2v) is 7.59. The molecule has 0 radical (unpaired) electrons. The van der Waals surface area contributed by atoms with Gasteiger partial charge in [0.05, 0.1) is 0 Å². The van der Waals surface area contributed by atoms with E-state index in [4.69, 9.17) is 0 Å². The van der Waals surface area contributed by atoms with E-state index in [0.29, 0.717) is 35.7 Å². The first-order valence-corrected chi connectivity index (χ1v) is 8.52. The lowest BCUT2D eigenvalue weighted by Crippen LogP contribution is -2.42. The first-order chi connectivity index (χ1) is 11.0. The zero-order chi connectivity index (χ0) is 16.2. The molecule has 4 rings (SSSR count). The van der Waals surface area contributed by atoms with E-state index in [1.807, 2.05) is 19.1 Å². The summed E-state index contributed by atoms with van der Waals surface area (Å²) >= 11 is 0. The molecule has 1 nitrogen and oxygen atoms in total. The summed E-state index contributed by atoms with van der Waals surface area (Å²) < 4.78 is 26.7. The van der Waals surface area contributed by atoms with Crippen molar-refractivity contribution in [3.63, 3.8) is 0 Å². The van der Waals surface area contributed by atoms with Crippen LogP contribution in [0.15, 0.2) is 59.4 Å². The molecule has 122 valence electrons. The summed E-state index contributed by atoms with van der Waals surface area (Å²) in [7, 11) is 0. The van der Waals surface area contributed by atoms with Gasteiger partial charge in [0.2, 0.25) is 0 Å². The standard InChI is InChI=1S/C20H22F2O/c1-20-10-9-15-14-4-2-3-13(23)11-12(14)5-6-16(15)17(20)7-8-18(20)19(21)22/h2-6,11,14-17,23H,7-10H2,1H3/t14?,15?,16?,17?,20-/m0/s1. The molecule has 3 heteroatoms. The summed E-state index contributed by atoms with van der Waals surface area (Å²) in [5.74, 6) is 1.71. The molecule has 0 spiro atoms. The third-order valence-electron chi connectivity index (χ3n) is 6.65. The van der Waals surface area contributed by atoms with Gasteiger partial charge in [0.25, 0.3) is 6.08 Å². The van der Waals surface area contributed by atoms with E-state index in [1.165, 1.54) is 0 Å². The maximum absolute atomic E-state index is 13.4. The SMILES string of the molecule is C[C@]12CCC3C4C=CC=C(O)C=C4C=CC3C1CCC2=C(F)F. The van der Waals surface area contributed by atoms with E-state index < -0.39 is 6.08 Å². The average Bonchev–Trinajstić information content (AvgIpc) is 2.74. The van der Waals surface area contributed by atoms with E-state index in [0.717, 1.165) is 24.8 Å². The fraction of sp³-hybridized carbons (Fsp3) is 0.500. The Kier molecular flexibility index (Phi) is 3.36. The maximum Gasteiger partial charge on any atom is 0.270 e. The largest absolute Gasteiger partial charge is 0.508 e. The molecule has 0 heterocycles. The molecule has 2 fully saturated rings. The molecule has 0 amide bonds. The highest BCUT2D eigenvalue weighted by Crippen LogP contribution is 2.62. The van der Waals surface area contributed by atoms with Crippen LogP contribution in [0.5, 0.6) is 0 Å². The van der Waals surface area contributed by atoms with Crippen molar-refractivity contribution in [3.05, 3.63) is 59.4 Å². The monoisotopic (exact) mass is 316 g/mol. The highest BCUT2D eigenvalue weighted by atomic mass is 19.3. The summed E-state index contributed by atoms with van der Waals surface area (Å²) in [6, 6.07) is 0. The summed E-state index contributed by atoms with van der Waals surface area (Å²) in [6.45, 7) is 2.05. The Bertz CT molecular complexity index is 678. The van der Waals surface area contributed by atoms with Crippen molar-refractivity contribution in [1.29, 1.82) is 0 Å². The first-order valence-electron chi connectivity index (χ1n) is 8.52. The van der Waals surface area contributed by atoms with Crippen molar-refractivity contribution in [2.24, 2.45) is 29.1 Å². The van der Waals surface area contributed by atoms with Crippen LogP contribution in [0.2, 0.25) is 0 Å². The van der Waals surface area contributed by atoms with Gasteiger partial charge in [0.15, 0.2) is 0 Å². The molecule has 0 saturated heterocycles. The molecule has 0 aromatic carbocycles. The molecule has 4 unspecified atom stereocenters. The van der Waals surface area contributed by atoms with Crippen LogP contribution in [0.3, 0.4) is 0 Å². The average molecular weight is 316 g/mol. The van der Waals surface area contributed by atoms with E-state index in [1.54, 1.807) is 6.08 Å². The van der Waals surface area contributed by atoms with Gasteiger partial charge in [0.1, 0.15) is 5.76 Å². The Hall–Kier alpha value is -1.64. The lowest BCUT2D eigenvalue weighted by atomic mass is 9.55. The van der Waals surface area contributed by atoms with Crippen LogP contribution in [0, 0.1) is 29.1 Å². The minimum absolute atomic E-state index is 0.285. The van der Waals surface area contributed by atoms with E-state index in [9.17, 15) is 13.9 Å². The van der Waals surface area contributed by atoms with Crippen molar-refractivity contribution < 1.29 is 13.9 Å². The fourth-order valence-electron chi connectivity index (χ4n) is 5.52. The van der Waals surface area contributed by atoms with Crippen LogP contribution in [-0.4, -0.2) is 5.11 Å². The lowest BCUT2D eigenvalue weighted by molar-refractivity contribution is 0.0689. The lowest BCUT2D eigenvalue weighted by Gasteiger charge is -2.49. The molecule has 1 N–H and O–H groups in total. The number of rotatable bonds is 0. The third kappa shape index (κ3) is 2.16. The fourth-order valence-corrected chi connectivity index (χ4v) is 5.52. The first kappa shape index (κ1) is 14.9. The Morgan fingerprint density at radius 1 is 1.26 bits per heavy atom. The normalized spacial score (nSPS) is 41.4. The molecule has 23 heavy (non-hydrogen) atoms. The third-order valence-corrected chi connectivity index (χ3v) is 6.65. The zero-order valence-electron chi connectivity index (χ0n) is 13.3. The van der Waals surface area contributed by atoms with Crippen molar-refractivity contribution in [1.82, 2.24) is 0 Å². The number of hydrogen-bond acceptors (Lipinski definition) is 1. The van der Waals surface area contributed by atoms with E-state index in [-0.39, 0.29) is 11.2 Å². The molecule has 4 aliphatic rings. The smallest absolute Gasteiger partial charge is 0.270 e. The predicted octanol–water partition coefficient (Wildman–Crippen LogP) is 5.70. The quantitative estimate of drug-likeness (QED) is 0.607. The minimum Gasteiger partial charge on any atom is -0.508 e. The predicted molar refractivity (Wildman–Crippen MR) is 86.9 cm³/mol. The Morgan fingerprint density at radius 3 is 2.87 bits per heavy atom. The second kappa shape index (κ2) is 5.19. The molecule has 4 aliphatic carbocycles. The van der Waals surface area contributed by atoms with E-state index in [2.05, 4.69) is 18.2 Å². The van der Waals surface area contributed by atoms with Gasteiger partial charge < -0.3 is 5.11 Å². The summed E-state index contributed by atoms with van der Waals surface area (Å²) in [5.41, 5.74) is 1.22. The number of allylic oxidation sites excluding steroid dienone is 8. The molecule has 0 bridgehead atoms. The summed E-state index contributed by atoms with van der Waals surface area (Å²) in [4.78, 5) is 0. The Morgan fingerprint density at radius 2 is 2.09 bits per heavy atom. The number of aliphatic hydroxyl groups excluding tert-OH is 1. The van der Waals surface area contributed by atoms with Gasteiger partial charge in [-0.15, -0.1) is 0 Å². The van der Waals surface area contributed by atoms with Gasteiger partial charge in [-0.2, -0.15) is 8.78 Å². The molecule has 0 aromatic heterocycles. The zero-order valence-corrected chi connectivity index (χ0v) is 13.3. The van der Waals surface area contributed by atoms with Crippen LogP contribution < -0.4 is 0 Å². The molecular formula is C20H22F2O. The van der Waals surface area contributed by atoms with Crippen molar-refractivity contribution in [3.8, 4) is 0 Å².